The number of para-hydroxylation sites is 2. The van der Waals surface area contributed by atoms with Crippen LogP contribution in [0, 0.1) is 12.7 Å². The Morgan fingerprint density at radius 3 is 1.84 bits per heavy atom. The summed E-state index contributed by atoms with van der Waals surface area (Å²) in [5.41, 5.74) is 7.51. The number of aromatic nitrogens is 1. The van der Waals surface area contributed by atoms with Gasteiger partial charge in [0.25, 0.3) is 0 Å². The van der Waals surface area contributed by atoms with Crippen molar-refractivity contribution in [2.24, 2.45) is 0 Å². The third kappa shape index (κ3) is 3.42. The van der Waals surface area contributed by atoms with E-state index in [0.717, 1.165) is 22.4 Å². The molecule has 0 aliphatic rings. The molecule has 0 unspecified atom stereocenters. The topological polar surface area (TPSA) is 4.93 Å². The van der Waals surface area contributed by atoms with Gasteiger partial charge < -0.3 is 4.57 Å². The number of aryl methyl sites for hydroxylation is 1. The van der Waals surface area contributed by atoms with E-state index < -0.39 is 0 Å². The summed E-state index contributed by atoms with van der Waals surface area (Å²) >= 11 is 0. The van der Waals surface area contributed by atoms with Gasteiger partial charge in [0.1, 0.15) is 5.82 Å². The summed E-state index contributed by atoms with van der Waals surface area (Å²) in [5, 5.41) is 2.48. The van der Waals surface area contributed by atoms with Crippen LogP contribution in [0.15, 0.2) is 84.9 Å². The highest BCUT2D eigenvalue weighted by Crippen LogP contribution is 2.36. The highest BCUT2D eigenvalue weighted by Gasteiger charge is 2.19. The Bertz CT molecular complexity index is 1360. The minimum absolute atomic E-state index is 0.0358. The fourth-order valence-electron chi connectivity index (χ4n) is 4.44. The number of nitrogens with zero attached hydrogens (tertiary/aromatic N) is 1. The van der Waals surface area contributed by atoms with E-state index in [-0.39, 0.29) is 11.2 Å². The zero-order chi connectivity index (χ0) is 21.8. The summed E-state index contributed by atoms with van der Waals surface area (Å²) < 4.78 is 16.6. The average Bonchev–Trinajstić information content (AvgIpc) is 3.07. The quantitative estimate of drug-likeness (QED) is 0.278. The van der Waals surface area contributed by atoms with Gasteiger partial charge in [-0.2, -0.15) is 0 Å². The lowest BCUT2D eigenvalue weighted by Gasteiger charge is -2.22. The van der Waals surface area contributed by atoms with Crippen molar-refractivity contribution in [2.45, 2.75) is 33.1 Å². The van der Waals surface area contributed by atoms with Crippen LogP contribution in [0.25, 0.3) is 38.6 Å². The first-order valence-electron chi connectivity index (χ1n) is 10.7. The fourth-order valence-corrected chi connectivity index (χ4v) is 4.44. The summed E-state index contributed by atoms with van der Waals surface area (Å²) in [7, 11) is 0. The number of hydrogen-bond acceptors (Lipinski definition) is 0. The van der Waals surface area contributed by atoms with Gasteiger partial charge >= 0.3 is 0 Å². The van der Waals surface area contributed by atoms with E-state index in [1.807, 2.05) is 6.92 Å². The van der Waals surface area contributed by atoms with Gasteiger partial charge in [-0.3, -0.25) is 0 Å². The molecule has 0 fully saturated rings. The highest BCUT2D eigenvalue weighted by molar-refractivity contribution is 6.09. The van der Waals surface area contributed by atoms with E-state index in [0.29, 0.717) is 0 Å². The first-order chi connectivity index (χ1) is 14.8. The van der Waals surface area contributed by atoms with Crippen LogP contribution in [0.3, 0.4) is 0 Å². The third-order valence-corrected chi connectivity index (χ3v) is 6.00. The molecule has 0 saturated heterocycles. The Hall–Kier alpha value is -3.39. The number of fused-ring (bicyclic) bond motifs is 3. The number of rotatable bonds is 2. The van der Waals surface area contributed by atoms with Crippen molar-refractivity contribution in [3.8, 4) is 16.8 Å². The molecular formula is C29H26FN. The second-order valence-electron chi connectivity index (χ2n) is 9.41. The Kier molecular flexibility index (Phi) is 4.48. The summed E-state index contributed by atoms with van der Waals surface area (Å²) in [6.45, 7) is 8.60. The zero-order valence-electron chi connectivity index (χ0n) is 18.4. The molecule has 1 nitrogen and oxygen atoms in total. The molecule has 0 amide bonds. The van der Waals surface area contributed by atoms with Gasteiger partial charge in [0.2, 0.25) is 0 Å². The molecule has 0 saturated carbocycles. The normalized spacial score (nSPS) is 12.0. The van der Waals surface area contributed by atoms with Crippen LogP contribution >= 0.6 is 0 Å². The molecule has 5 aromatic rings. The van der Waals surface area contributed by atoms with Crippen molar-refractivity contribution >= 4 is 21.8 Å². The first-order valence-corrected chi connectivity index (χ1v) is 10.7. The van der Waals surface area contributed by atoms with Crippen molar-refractivity contribution in [3.63, 3.8) is 0 Å². The molecule has 1 aromatic heterocycles. The van der Waals surface area contributed by atoms with Crippen molar-refractivity contribution < 1.29 is 4.39 Å². The molecule has 1 heterocycles. The SMILES string of the molecule is Cc1cc(F)cc(-c2cc(-n3c4ccccc4c4ccccc43)cc(C(C)(C)C)c2)c1. The van der Waals surface area contributed by atoms with Gasteiger partial charge in [0.05, 0.1) is 11.0 Å². The lowest BCUT2D eigenvalue weighted by Crippen LogP contribution is -2.12. The van der Waals surface area contributed by atoms with E-state index in [1.165, 1.54) is 27.4 Å². The molecule has 0 spiro atoms. The van der Waals surface area contributed by atoms with E-state index in [4.69, 9.17) is 0 Å². The smallest absolute Gasteiger partial charge is 0.124 e. The number of hydrogen-bond donors (Lipinski definition) is 0. The van der Waals surface area contributed by atoms with Crippen molar-refractivity contribution in [1.82, 2.24) is 4.57 Å². The minimum Gasteiger partial charge on any atom is -0.309 e. The van der Waals surface area contributed by atoms with Crippen LogP contribution in [0.1, 0.15) is 31.9 Å². The van der Waals surface area contributed by atoms with E-state index in [9.17, 15) is 4.39 Å². The van der Waals surface area contributed by atoms with Gasteiger partial charge in [-0.1, -0.05) is 69.3 Å². The largest absolute Gasteiger partial charge is 0.309 e. The lowest BCUT2D eigenvalue weighted by atomic mass is 9.85. The highest BCUT2D eigenvalue weighted by atomic mass is 19.1. The lowest BCUT2D eigenvalue weighted by molar-refractivity contribution is 0.590. The van der Waals surface area contributed by atoms with Crippen LogP contribution < -0.4 is 0 Å². The van der Waals surface area contributed by atoms with Crippen LogP contribution in [0.4, 0.5) is 4.39 Å². The van der Waals surface area contributed by atoms with Gasteiger partial charge in [0.15, 0.2) is 0 Å². The summed E-state index contributed by atoms with van der Waals surface area (Å²) in [5.74, 6) is -0.199. The number of benzene rings is 4. The average molecular weight is 408 g/mol. The molecule has 0 aliphatic carbocycles. The molecule has 0 bridgehead atoms. The molecule has 154 valence electrons. The zero-order valence-corrected chi connectivity index (χ0v) is 18.4. The van der Waals surface area contributed by atoms with Crippen LogP contribution in [0.2, 0.25) is 0 Å². The summed E-state index contributed by atoms with van der Waals surface area (Å²) in [6.07, 6.45) is 0. The Balaban J connectivity index is 1.86. The maximum atomic E-state index is 14.2. The van der Waals surface area contributed by atoms with Crippen molar-refractivity contribution in [1.29, 1.82) is 0 Å². The van der Waals surface area contributed by atoms with Gasteiger partial charge in [-0.25, -0.2) is 4.39 Å². The molecule has 0 atom stereocenters. The molecule has 4 aromatic carbocycles. The summed E-state index contributed by atoms with van der Waals surface area (Å²) in [4.78, 5) is 0. The predicted molar refractivity (Wildman–Crippen MR) is 130 cm³/mol. The fraction of sp³-hybridized carbons (Fsp3) is 0.172. The molecule has 5 rings (SSSR count). The van der Waals surface area contributed by atoms with Crippen LogP contribution in [-0.4, -0.2) is 4.57 Å². The van der Waals surface area contributed by atoms with E-state index in [1.54, 1.807) is 12.1 Å². The standard InChI is InChI=1S/C29H26FN/c1-19-13-20(16-23(30)14-19)21-15-22(29(2,3)4)18-24(17-21)31-27-11-7-5-9-25(27)26-10-6-8-12-28(26)31/h5-18H,1-4H3. The maximum Gasteiger partial charge on any atom is 0.124 e. The van der Waals surface area contributed by atoms with Gasteiger partial charge in [-0.15, -0.1) is 0 Å². The van der Waals surface area contributed by atoms with E-state index in [2.05, 4.69) is 98.1 Å². The van der Waals surface area contributed by atoms with Crippen LogP contribution in [-0.2, 0) is 5.41 Å². The molecule has 0 aliphatic heterocycles. The Morgan fingerprint density at radius 1 is 0.677 bits per heavy atom. The Labute approximate surface area is 182 Å². The molecule has 31 heavy (non-hydrogen) atoms. The summed E-state index contributed by atoms with van der Waals surface area (Å²) in [6, 6.07) is 29.0. The van der Waals surface area contributed by atoms with Gasteiger partial charge in [-0.05, 0) is 71.0 Å². The maximum absolute atomic E-state index is 14.2. The predicted octanol–water partition coefficient (Wildman–Crippen LogP) is 8.20. The van der Waals surface area contributed by atoms with Crippen LogP contribution in [0.5, 0.6) is 0 Å². The second-order valence-corrected chi connectivity index (χ2v) is 9.41. The molecule has 0 N–H and O–H groups in total. The first kappa shape index (κ1) is 19.6. The molecule has 0 radical (unpaired) electrons. The second kappa shape index (κ2) is 7.09. The van der Waals surface area contributed by atoms with Crippen molar-refractivity contribution in [3.05, 3.63) is 102 Å². The minimum atomic E-state index is -0.199. The third-order valence-electron chi connectivity index (χ3n) is 6.00. The monoisotopic (exact) mass is 407 g/mol. The van der Waals surface area contributed by atoms with Gasteiger partial charge in [0, 0.05) is 16.5 Å². The molecular weight excluding hydrogens is 381 g/mol. The Morgan fingerprint density at radius 2 is 1.26 bits per heavy atom. The van der Waals surface area contributed by atoms with E-state index >= 15 is 0 Å². The molecule has 2 heteroatoms. The number of halogens is 1. The van der Waals surface area contributed by atoms with Crippen molar-refractivity contribution in [2.75, 3.05) is 0 Å².